The molecule has 1 aromatic rings. The first-order chi connectivity index (χ1) is 12.0. The molecule has 3 N–H and O–H groups in total. The van der Waals surface area contributed by atoms with Gasteiger partial charge in [0.15, 0.2) is 0 Å². The van der Waals surface area contributed by atoms with Crippen LogP contribution in [0.25, 0.3) is 0 Å². The number of nitrogens with one attached hydrogen (secondary N) is 2. The van der Waals surface area contributed by atoms with Gasteiger partial charge in [0.05, 0.1) is 5.41 Å². The van der Waals surface area contributed by atoms with E-state index in [1.54, 1.807) is 29.2 Å². The van der Waals surface area contributed by atoms with Crippen molar-refractivity contribution in [2.45, 2.75) is 19.3 Å². The molecule has 25 heavy (non-hydrogen) atoms. The summed E-state index contributed by atoms with van der Waals surface area (Å²) < 4.78 is 0. The van der Waals surface area contributed by atoms with Crippen LogP contribution in [0.15, 0.2) is 30.3 Å². The zero-order valence-corrected chi connectivity index (χ0v) is 14.0. The number of fused-ring (bicyclic) bond motifs is 1. The minimum atomic E-state index is -0.791. The number of carbonyl (C=O) groups excluding carboxylic acids is 2. The van der Waals surface area contributed by atoms with Crippen molar-refractivity contribution in [2.75, 3.05) is 26.2 Å². The average Bonchev–Trinajstić information content (AvgIpc) is 3.17. The summed E-state index contributed by atoms with van der Waals surface area (Å²) in [6.07, 6.45) is 2.42. The van der Waals surface area contributed by atoms with Crippen molar-refractivity contribution < 1.29 is 19.5 Å². The number of carbonyl (C=O) groups is 3. The second-order valence-corrected chi connectivity index (χ2v) is 6.78. The lowest BCUT2D eigenvalue weighted by atomic mass is 9.81. The summed E-state index contributed by atoms with van der Waals surface area (Å²) in [5, 5.41) is 15.1. The molecule has 0 unspecified atom stereocenters. The topological polar surface area (TPSA) is 98.7 Å². The Morgan fingerprint density at radius 2 is 1.88 bits per heavy atom. The molecule has 0 bridgehead atoms. The first-order valence-electron chi connectivity index (χ1n) is 8.62. The van der Waals surface area contributed by atoms with Gasteiger partial charge in [0, 0.05) is 31.7 Å². The minimum absolute atomic E-state index is 0.0496. The van der Waals surface area contributed by atoms with Crippen LogP contribution in [0.2, 0.25) is 0 Å². The average molecular weight is 345 g/mol. The van der Waals surface area contributed by atoms with E-state index in [-0.39, 0.29) is 24.4 Å². The van der Waals surface area contributed by atoms with Gasteiger partial charge in [0.1, 0.15) is 0 Å². The van der Waals surface area contributed by atoms with E-state index in [2.05, 4.69) is 10.6 Å². The van der Waals surface area contributed by atoms with E-state index in [9.17, 15) is 19.5 Å². The van der Waals surface area contributed by atoms with E-state index < -0.39 is 11.4 Å². The van der Waals surface area contributed by atoms with Gasteiger partial charge in [-0.2, -0.15) is 0 Å². The molecule has 3 amide bonds. The quantitative estimate of drug-likeness (QED) is 0.701. The largest absolute Gasteiger partial charge is 0.481 e. The van der Waals surface area contributed by atoms with Gasteiger partial charge in [-0.1, -0.05) is 24.6 Å². The van der Waals surface area contributed by atoms with Crippen LogP contribution in [-0.4, -0.2) is 54.1 Å². The zero-order valence-electron chi connectivity index (χ0n) is 14.0. The highest BCUT2D eigenvalue weighted by atomic mass is 16.4. The fourth-order valence-corrected chi connectivity index (χ4v) is 3.94. The third kappa shape index (κ3) is 3.45. The molecule has 7 heteroatoms. The number of rotatable bonds is 5. The standard InChI is InChI=1S/C18H23N3O4/c22-15(13-5-2-1-3-6-13)19-9-10-20-17(25)21-11-14-7-4-8-18(14,12-21)16(23)24/h1-3,5-6,14H,4,7-12H2,(H,19,22)(H,20,25)(H,23,24)/t14-,18+/m0/s1. The van der Waals surface area contributed by atoms with Crippen molar-refractivity contribution in [1.82, 2.24) is 15.5 Å². The first kappa shape index (κ1) is 17.3. The summed E-state index contributed by atoms with van der Waals surface area (Å²) in [7, 11) is 0. The highest BCUT2D eigenvalue weighted by Crippen LogP contribution is 2.48. The third-order valence-electron chi connectivity index (χ3n) is 5.31. The number of nitrogens with zero attached hydrogens (tertiary/aromatic N) is 1. The van der Waals surface area contributed by atoms with Crippen LogP contribution in [0.5, 0.6) is 0 Å². The molecule has 1 saturated carbocycles. The molecule has 2 fully saturated rings. The molecule has 1 saturated heterocycles. The van der Waals surface area contributed by atoms with Gasteiger partial charge in [-0.3, -0.25) is 9.59 Å². The van der Waals surface area contributed by atoms with Crippen molar-refractivity contribution in [3.8, 4) is 0 Å². The summed E-state index contributed by atoms with van der Waals surface area (Å²) in [4.78, 5) is 37.4. The van der Waals surface area contributed by atoms with E-state index in [1.807, 2.05) is 6.07 Å². The molecule has 1 aliphatic carbocycles. The summed E-state index contributed by atoms with van der Waals surface area (Å²) in [6, 6.07) is 8.61. The van der Waals surface area contributed by atoms with E-state index in [1.165, 1.54) is 0 Å². The Labute approximate surface area is 146 Å². The van der Waals surface area contributed by atoms with Crippen LogP contribution in [-0.2, 0) is 4.79 Å². The maximum absolute atomic E-state index is 12.3. The summed E-state index contributed by atoms with van der Waals surface area (Å²) >= 11 is 0. The van der Waals surface area contributed by atoms with Gasteiger partial charge in [0.2, 0.25) is 0 Å². The Kier molecular flexibility index (Phi) is 4.92. The number of carboxylic acid groups (broad SMARTS) is 1. The van der Waals surface area contributed by atoms with Crippen molar-refractivity contribution >= 4 is 17.9 Å². The second-order valence-electron chi connectivity index (χ2n) is 6.78. The lowest BCUT2D eigenvalue weighted by Crippen LogP contribution is -2.44. The number of aliphatic carboxylic acids is 1. The van der Waals surface area contributed by atoms with Crippen LogP contribution in [0.4, 0.5) is 4.79 Å². The number of hydrogen-bond donors (Lipinski definition) is 3. The minimum Gasteiger partial charge on any atom is -0.481 e. The maximum Gasteiger partial charge on any atom is 0.317 e. The fourth-order valence-electron chi connectivity index (χ4n) is 3.94. The van der Waals surface area contributed by atoms with Crippen LogP contribution >= 0.6 is 0 Å². The van der Waals surface area contributed by atoms with Gasteiger partial charge in [0.25, 0.3) is 5.91 Å². The van der Waals surface area contributed by atoms with Gasteiger partial charge in [-0.15, -0.1) is 0 Å². The SMILES string of the molecule is O=C(NCCNC(=O)N1C[C@@H]2CCC[C@@]2(C(=O)O)C1)c1ccccc1. The maximum atomic E-state index is 12.3. The number of urea groups is 1. The summed E-state index contributed by atoms with van der Waals surface area (Å²) in [5.74, 6) is -0.927. The molecular formula is C18H23N3O4. The number of carboxylic acids is 1. The van der Waals surface area contributed by atoms with Crippen molar-refractivity contribution in [2.24, 2.45) is 11.3 Å². The van der Waals surface area contributed by atoms with Crippen LogP contribution in [0.1, 0.15) is 29.6 Å². The van der Waals surface area contributed by atoms with Gasteiger partial charge in [-0.05, 0) is 30.9 Å². The van der Waals surface area contributed by atoms with Gasteiger partial charge < -0.3 is 20.6 Å². The zero-order chi connectivity index (χ0) is 17.9. The molecule has 7 nitrogen and oxygen atoms in total. The van der Waals surface area contributed by atoms with Crippen LogP contribution in [0.3, 0.4) is 0 Å². The Balaban J connectivity index is 1.43. The summed E-state index contributed by atoms with van der Waals surface area (Å²) in [6.45, 7) is 1.39. The summed E-state index contributed by atoms with van der Waals surface area (Å²) in [5.41, 5.74) is -0.191. The molecule has 0 spiro atoms. The molecule has 1 aliphatic heterocycles. The fraction of sp³-hybridized carbons (Fsp3) is 0.500. The second kappa shape index (κ2) is 7.13. The molecule has 1 aromatic carbocycles. The number of hydrogen-bond acceptors (Lipinski definition) is 3. The van der Waals surface area contributed by atoms with E-state index in [4.69, 9.17) is 0 Å². The molecule has 2 aliphatic rings. The number of benzene rings is 1. The Hall–Kier alpha value is -2.57. The van der Waals surface area contributed by atoms with E-state index in [0.717, 1.165) is 12.8 Å². The van der Waals surface area contributed by atoms with Crippen LogP contribution in [0, 0.1) is 11.3 Å². The predicted octanol–water partition coefficient (Wildman–Crippen LogP) is 1.31. The molecule has 2 atom stereocenters. The number of likely N-dealkylation sites (tertiary alicyclic amines) is 1. The van der Waals surface area contributed by atoms with Crippen molar-refractivity contribution in [1.29, 1.82) is 0 Å². The first-order valence-corrected chi connectivity index (χ1v) is 8.62. The smallest absolute Gasteiger partial charge is 0.317 e. The lowest BCUT2D eigenvalue weighted by Gasteiger charge is -2.23. The van der Waals surface area contributed by atoms with Gasteiger partial charge in [-0.25, -0.2) is 4.79 Å². The number of amides is 3. The molecule has 0 radical (unpaired) electrons. The molecule has 3 rings (SSSR count). The Bertz CT molecular complexity index is 664. The van der Waals surface area contributed by atoms with Crippen LogP contribution < -0.4 is 10.6 Å². The van der Waals surface area contributed by atoms with Crippen molar-refractivity contribution in [3.05, 3.63) is 35.9 Å². The van der Waals surface area contributed by atoms with E-state index in [0.29, 0.717) is 31.6 Å². The molecule has 134 valence electrons. The van der Waals surface area contributed by atoms with Gasteiger partial charge >= 0.3 is 12.0 Å². The normalized spacial score (nSPS) is 24.6. The van der Waals surface area contributed by atoms with Crippen molar-refractivity contribution in [3.63, 3.8) is 0 Å². The highest BCUT2D eigenvalue weighted by molar-refractivity contribution is 5.94. The molecule has 1 heterocycles. The molecular weight excluding hydrogens is 322 g/mol. The Morgan fingerprint density at radius 3 is 2.56 bits per heavy atom. The highest BCUT2D eigenvalue weighted by Gasteiger charge is 2.55. The lowest BCUT2D eigenvalue weighted by molar-refractivity contribution is -0.149. The third-order valence-corrected chi connectivity index (χ3v) is 5.31. The monoisotopic (exact) mass is 345 g/mol. The Morgan fingerprint density at radius 1 is 1.16 bits per heavy atom. The molecule has 0 aromatic heterocycles. The van der Waals surface area contributed by atoms with E-state index >= 15 is 0 Å². The predicted molar refractivity (Wildman–Crippen MR) is 91.2 cm³/mol.